The average molecular weight is 552 g/mol. The summed E-state index contributed by atoms with van der Waals surface area (Å²) in [5, 5.41) is 7.81. The van der Waals surface area contributed by atoms with Gasteiger partial charge in [0.1, 0.15) is 0 Å². The van der Waals surface area contributed by atoms with Crippen molar-refractivity contribution < 1.29 is 0 Å². The van der Waals surface area contributed by atoms with E-state index < -0.39 is 0 Å². The van der Waals surface area contributed by atoms with Crippen molar-refractivity contribution in [3.05, 3.63) is 127 Å². The molecule has 0 unspecified atom stereocenters. The van der Waals surface area contributed by atoms with Crippen LogP contribution in [0, 0.1) is 0 Å². The Labute approximate surface area is 244 Å². The molecule has 0 bridgehead atoms. The Hall–Kier alpha value is -5.32. The smallest absolute Gasteiger partial charge is 0.0973 e. The van der Waals surface area contributed by atoms with Crippen molar-refractivity contribution in [2.75, 3.05) is 0 Å². The van der Waals surface area contributed by atoms with Gasteiger partial charge in [0.25, 0.3) is 0 Å². The molecule has 42 heavy (non-hydrogen) atoms. The first kappa shape index (κ1) is 22.4. The molecule has 0 saturated heterocycles. The van der Waals surface area contributed by atoms with Gasteiger partial charge in [-0.2, -0.15) is 0 Å². The lowest BCUT2D eigenvalue weighted by molar-refractivity contribution is 1.29. The van der Waals surface area contributed by atoms with Gasteiger partial charge < -0.3 is 4.40 Å². The van der Waals surface area contributed by atoms with Crippen LogP contribution in [0.1, 0.15) is 0 Å². The summed E-state index contributed by atoms with van der Waals surface area (Å²) in [5.74, 6) is 0. The van der Waals surface area contributed by atoms with E-state index in [-0.39, 0.29) is 0 Å². The quantitative estimate of drug-likeness (QED) is 0.214. The zero-order valence-electron chi connectivity index (χ0n) is 22.4. The van der Waals surface area contributed by atoms with Gasteiger partial charge in [-0.25, -0.2) is 9.97 Å². The van der Waals surface area contributed by atoms with Crippen molar-refractivity contribution in [3.8, 4) is 22.5 Å². The highest BCUT2D eigenvalue weighted by atomic mass is 32.1. The summed E-state index contributed by atoms with van der Waals surface area (Å²) in [4.78, 5) is 10.3. The molecule has 0 spiro atoms. The summed E-state index contributed by atoms with van der Waals surface area (Å²) in [6.45, 7) is 0. The molecule has 10 rings (SSSR count). The Morgan fingerprint density at radius 3 is 2.07 bits per heavy atom. The highest BCUT2D eigenvalue weighted by molar-refractivity contribution is 7.27. The fourth-order valence-electron chi connectivity index (χ4n) is 6.90. The normalized spacial score (nSPS) is 12.3. The SMILES string of the molecule is c1ccc(-c2nc3ccccc3nc2-c2ccc3c(c2)c2sc4ccc5cccc6c7ccccc7n3c2c4c56)cc1. The predicted molar refractivity (Wildman–Crippen MR) is 178 cm³/mol. The Morgan fingerprint density at radius 1 is 0.500 bits per heavy atom. The van der Waals surface area contributed by atoms with Gasteiger partial charge >= 0.3 is 0 Å². The molecule has 4 aromatic heterocycles. The second-order valence-electron chi connectivity index (χ2n) is 11.0. The number of benzene rings is 6. The highest BCUT2D eigenvalue weighted by Gasteiger charge is 2.22. The lowest BCUT2D eigenvalue weighted by atomic mass is 10.0. The maximum Gasteiger partial charge on any atom is 0.0973 e. The predicted octanol–water partition coefficient (Wildman–Crippen LogP) is 10.5. The number of para-hydroxylation sites is 3. The van der Waals surface area contributed by atoms with Crippen LogP contribution in [0.3, 0.4) is 0 Å². The van der Waals surface area contributed by atoms with Gasteiger partial charge in [0.05, 0.1) is 43.7 Å². The number of nitrogens with zero attached hydrogens (tertiary/aromatic N) is 3. The molecule has 6 aromatic carbocycles. The largest absolute Gasteiger partial charge is 0.307 e. The fourth-order valence-corrected chi connectivity index (χ4v) is 8.12. The minimum absolute atomic E-state index is 0.902. The maximum absolute atomic E-state index is 5.20. The van der Waals surface area contributed by atoms with Crippen molar-refractivity contribution in [1.82, 2.24) is 14.4 Å². The molecule has 4 heterocycles. The van der Waals surface area contributed by atoms with Gasteiger partial charge in [0.2, 0.25) is 0 Å². The van der Waals surface area contributed by atoms with E-state index in [4.69, 9.17) is 9.97 Å². The van der Waals surface area contributed by atoms with Crippen LogP contribution >= 0.6 is 11.3 Å². The van der Waals surface area contributed by atoms with Gasteiger partial charge in [0, 0.05) is 37.4 Å². The summed E-state index contributed by atoms with van der Waals surface area (Å²) in [6, 6.07) is 45.5. The molecule has 194 valence electrons. The third kappa shape index (κ3) is 2.89. The third-order valence-corrected chi connectivity index (χ3v) is 9.88. The minimum Gasteiger partial charge on any atom is -0.307 e. The molecule has 3 nitrogen and oxygen atoms in total. The highest BCUT2D eigenvalue weighted by Crippen LogP contribution is 2.47. The monoisotopic (exact) mass is 551 g/mol. The van der Waals surface area contributed by atoms with E-state index in [1.807, 2.05) is 41.7 Å². The Kier molecular flexibility index (Phi) is 4.33. The zero-order chi connectivity index (χ0) is 27.4. The van der Waals surface area contributed by atoms with Crippen LogP contribution < -0.4 is 0 Å². The molecule has 0 fully saturated rings. The van der Waals surface area contributed by atoms with Gasteiger partial charge in [-0.3, -0.25) is 0 Å². The number of thiophene rings is 1. The molecule has 0 aliphatic carbocycles. The van der Waals surface area contributed by atoms with Crippen molar-refractivity contribution in [2.45, 2.75) is 0 Å². The Bertz CT molecular complexity index is 2680. The Morgan fingerprint density at radius 2 is 1.21 bits per heavy atom. The number of hydrogen-bond acceptors (Lipinski definition) is 3. The van der Waals surface area contributed by atoms with E-state index in [0.29, 0.717) is 0 Å². The van der Waals surface area contributed by atoms with Crippen LogP contribution in [0.5, 0.6) is 0 Å². The summed E-state index contributed by atoms with van der Waals surface area (Å²) < 4.78 is 5.13. The standard InChI is InChI=1S/C38H21N3S/c1-2-9-23(10-3-1)35-36(40-29-15-6-5-14-28(29)39-35)24-17-19-31-27(21-24)38-37-34-32(42-38)20-18-22-11-8-13-26(33(22)34)25-12-4-7-16-30(25)41(31)37/h1-21H. The fraction of sp³-hybridized carbons (Fsp3) is 0. The van der Waals surface area contributed by atoms with E-state index in [1.54, 1.807) is 0 Å². The maximum atomic E-state index is 5.20. The van der Waals surface area contributed by atoms with Crippen LogP contribution in [0.15, 0.2) is 127 Å². The number of hydrogen-bond donors (Lipinski definition) is 0. The first-order valence-electron chi connectivity index (χ1n) is 14.2. The molecule has 0 amide bonds. The topological polar surface area (TPSA) is 30.2 Å². The summed E-state index contributed by atoms with van der Waals surface area (Å²) in [6.07, 6.45) is 0. The first-order valence-corrected chi connectivity index (χ1v) is 15.0. The molecule has 0 aliphatic heterocycles. The second kappa shape index (κ2) is 8.12. The van der Waals surface area contributed by atoms with E-state index >= 15 is 0 Å². The van der Waals surface area contributed by atoms with E-state index in [2.05, 4.69) is 101 Å². The summed E-state index contributed by atoms with van der Waals surface area (Å²) in [7, 11) is 0. The van der Waals surface area contributed by atoms with Gasteiger partial charge in [-0.05, 0) is 47.2 Å². The van der Waals surface area contributed by atoms with Crippen molar-refractivity contribution >= 4 is 80.6 Å². The van der Waals surface area contributed by atoms with Crippen LogP contribution in [0.25, 0.3) is 91.8 Å². The first-order chi connectivity index (χ1) is 20.8. The molecule has 10 aromatic rings. The lowest BCUT2D eigenvalue weighted by Gasteiger charge is -2.11. The summed E-state index contributed by atoms with van der Waals surface area (Å²) in [5.41, 5.74) is 9.51. The zero-order valence-corrected chi connectivity index (χ0v) is 23.2. The van der Waals surface area contributed by atoms with Gasteiger partial charge in [0.15, 0.2) is 0 Å². The van der Waals surface area contributed by atoms with Crippen LogP contribution in [0.4, 0.5) is 0 Å². The van der Waals surface area contributed by atoms with Gasteiger partial charge in [-0.15, -0.1) is 11.3 Å². The summed E-state index contributed by atoms with van der Waals surface area (Å²) >= 11 is 1.89. The molecule has 4 heteroatoms. The van der Waals surface area contributed by atoms with Crippen molar-refractivity contribution in [3.63, 3.8) is 0 Å². The molecule has 0 radical (unpaired) electrons. The lowest BCUT2D eigenvalue weighted by Crippen LogP contribution is -1.95. The number of aromatic nitrogens is 3. The minimum atomic E-state index is 0.902. The van der Waals surface area contributed by atoms with Crippen LogP contribution in [0.2, 0.25) is 0 Å². The van der Waals surface area contributed by atoms with E-state index in [9.17, 15) is 0 Å². The van der Waals surface area contributed by atoms with Crippen molar-refractivity contribution in [2.24, 2.45) is 0 Å². The van der Waals surface area contributed by atoms with Gasteiger partial charge in [-0.1, -0.05) is 91.0 Å². The molecular formula is C38H21N3S. The molecule has 0 saturated carbocycles. The third-order valence-electron chi connectivity index (χ3n) is 8.70. The Balaban J connectivity index is 1.37. The molecule has 0 atom stereocenters. The van der Waals surface area contributed by atoms with Crippen molar-refractivity contribution in [1.29, 1.82) is 0 Å². The number of fused-ring (bicyclic) bond motifs is 7. The number of rotatable bonds is 2. The van der Waals surface area contributed by atoms with Crippen LogP contribution in [-0.2, 0) is 0 Å². The van der Waals surface area contributed by atoms with E-state index in [1.165, 1.54) is 58.3 Å². The average Bonchev–Trinajstić information content (AvgIpc) is 3.54. The molecular weight excluding hydrogens is 531 g/mol. The second-order valence-corrected chi connectivity index (χ2v) is 12.0. The molecule has 0 aliphatic rings. The molecule has 0 N–H and O–H groups in total. The van der Waals surface area contributed by atoms with Crippen LogP contribution in [-0.4, -0.2) is 14.4 Å². The van der Waals surface area contributed by atoms with E-state index in [0.717, 1.165) is 33.5 Å².